The molecule has 0 saturated carbocycles. The maximum absolute atomic E-state index is 12.2. The summed E-state index contributed by atoms with van der Waals surface area (Å²) in [5.74, 6) is 0.876. The minimum Gasteiger partial charge on any atom is -0.494 e. The van der Waals surface area contributed by atoms with Crippen LogP contribution in [0.15, 0.2) is 24.3 Å². The van der Waals surface area contributed by atoms with Crippen LogP contribution in [0.3, 0.4) is 0 Å². The van der Waals surface area contributed by atoms with Crippen LogP contribution in [0.4, 0.5) is 4.79 Å². The Morgan fingerprint density at radius 1 is 1.07 bits per heavy atom. The number of benzene rings is 1. The Hall–Kier alpha value is -1.53. The van der Waals surface area contributed by atoms with Crippen LogP contribution in [-0.4, -0.2) is 41.0 Å². The highest BCUT2D eigenvalue weighted by Crippen LogP contribution is 2.30. The number of hydrogen-bond acceptors (Lipinski definition) is 4. The van der Waals surface area contributed by atoms with E-state index in [1.165, 1.54) is 36.1 Å². The first-order chi connectivity index (χ1) is 13.2. The molecule has 27 heavy (non-hydrogen) atoms. The van der Waals surface area contributed by atoms with Gasteiger partial charge in [0.25, 0.3) is 5.24 Å². The minimum absolute atomic E-state index is 0.0451. The summed E-state index contributed by atoms with van der Waals surface area (Å²) >= 11 is 1.16. The lowest BCUT2D eigenvalue weighted by molar-refractivity contribution is -0.367. The van der Waals surface area contributed by atoms with Gasteiger partial charge in [-0.3, -0.25) is 14.5 Å². The summed E-state index contributed by atoms with van der Waals surface area (Å²) in [6.07, 6.45) is 8.75. The number of aryl methyl sites for hydroxylation is 1. The third kappa shape index (κ3) is 7.18. The number of carbonyl (C=O) groups excluding carboxylic acids is 2. The molecule has 0 radical (unpaired) electrons. The van der Waals surface area contributed by atoms with Gasteiger partial charge < -0.3 is 10.5 Å². The maximum atomic E-state index is 12.2. The molecule has 2 rings (SSSR count). The van der Waals surface area contributed by atoms with Gasteiger partial charge in [-0.05, 0) is 43.4 Å². The standard InChI is InChI=1S/C21H32N2O3S/c1-2-3-4-5-6-16-26-18-12-10-17(11-13-18)8-7-9-19-20(24)23(15-14-22)21(25)27-19/h10-13,19H,2-9,14-16,22H2,1H3/p+1. The van der Waals surface area contributed by atoms with Crippen LogP contribution in [0.2, 0.25) is 0 Å². The van der Waals surface area contributed by atoms with E-state index in [1.807, 2.05) is 12.1 Å². The Balaban J connectivity index is 1.65. The second-order valence-corrected chi connectivity index (χ2v) is 8.17. The smallest absolute Gasteiger partial charge is 0.289 e. The van der Waals surface area contributed by atoms with Crippen molar-refractivity contribution in [2.75, 3.05) is 19.7 Å². The summed E-state index contributed by atoms with van der Waals surface area (Å²) in [6.45, 7) is 4.00. The monoisotopic (exact) mass is 393 g/mol. The van der Waals surface area contributed by atoms with E-state index in [1.54, 1.807) is 0 Å². The van der Waals surface area contributed by atoms with Gasteiger partial charge in [0.05, 0.1) is 24.9 Å². The van der Waals surface area contributed by atoms with Gasteiger partial charge in [0.2, 0.25) is 5.91 Å². The topological polar surface area (TPSA) is 74.2 Å². The lowest BCUT2D eigenvalue weighted by atomic mass is 10.1. The predicted molar refractivity (Wildman–Crippen MR) is 110 cm³/mol. The molecule has 5 nitrogen and oxygen atoms in total. The van der Waals surface area contributed by atoms with Crippen molar-refractivity contribution in [3.63, 3.8) is 0 Å². The van der Waals surface area contributed by atoms with E-state index in [4.69, 9.17) is 4.74 Å². The van der Waals surface area contributed by atoms with Gasteiger partial charge in [0.1, 0.15) is 5.75 Å². The van der Waals surface area contributed by atoms with Gasteiger partial charge in [0, 0.05) is 0 Å². The molecule has 1 aromatic rings. The molecule has 1 aromatic carbocycles. The van der Waals surface area contributed by atoms with Crippen molar-refractivity contribution in [2.45, 2.75) is 63.5 Å². The van der Waals surface area contributed by atoms with E-state index in [2.05, 4.69) is 24.8 Å². The molecule has 1 aliphatic heterocycles. The number of unbranched alkanes of at least 4 members (excludes halogenated alkanes) is 4. The van der Waals surface area contributed by atoms with Gasteiger partial charge in [-0.25, -0.2) is 0 Å². The molecule has 2 amide bonds. The lowest BCUT2D eigenvalue weighted by Crippen LogP contribution is -2.55. The van der Waals surface area contributed by atoms with Crippen molar-refractivity contribution >= 4 is 22.9 Å². The second kappa shape index (κ2) is 12.0. The molecule has 150 valence electrons. The molecule has 1 aliphatic rings. The molecule has 0 bridgehead atoms. The highest BCUT2D eigenvalue weighted by molar-refractivity contribution is 8.15. The molecule has 0 spiro atoms. The summed E-state index contributed by atoms with van der Waals surface area (Å²) in [4.78, 5) is 25.4. The summed E-state index contributed by atoms with van der Waals surface area (Å²) in [5.41, 5.74) is 4.96. The Morgan fingerprint density at radius 3 is 2.52 bits per heavy atom. The van der Waals surface area contributed by atoms with Crippen molar-refractivity contribution in [1.82, 2.24) is 4.90 Å². The number of ether oxygens (including phenoxy) is 1. The van der Waals surface area contributed by atoms with E-state index in [9.17, 15) is 9.59 Å². The molecular weight excluding hydrogens is 360 g/mol. The number of carbonyl (C=O) groups is 2. The van der Waals surface area contributed by atoms with Crippen molar-refractivity contribution in [3.05, 3.63) is 29.8 Å². The number of thioether (sulfide) groups is 1. The first-order valence-electron chi connectivity index (χ1n) is 10.2. The molecule has 0 aliphatic carbocycles. The lowest BCUT2D eigenvalue weighted by Gasteiger charge is -2.11. The zero-order valence-electron chi connectivity index (χ0n) is 16.5. The van der Waals surface area contributed by atoms with Crippen LogP contribution in [0, 0.1) is 0 Å². The molecule has 1 heterocycles. The number of nitrogens with zero attached hydrogens (tertiary/aromatic N) is 1. The molecular formula is C21H33N2O3S+. The third-order valence-electron chi connectivity index (χ3n) is 4.76. The summed E-state index contributed by atoms with van der Waals surface area (Å²) in [5, 5.41) is -0.343. The van der Waals surface area contributed by atoms with Crippen molar-refractivity contribution in [3.8, 4) is 5.75 Å². The predicted octanol–water partition coefficient (Wildman–Crippen LogP) is 3.66. The van der Waals surface area contributed by atoms with Gasteiger partial charge in [-0.2, -0.15) is 0 Å². The van der Waals surface area contributed by atoms with E-state index in [0.29, 0.717) is 13.1 Å². The Kier molecular flexibility index (Phi) is 9.70. The highest BCUT2D eigenvalue weighted by atomic mass is 32.2. The third-order valence-corrected chi connectivity index (χ3v) is 5.90. The largest absolute Gasteiger partial charge is 0.494 e. The summed E-state index contributed by atoms with van der Waals surface area (Å²) in [7, 11) is 0. The van der Waals surface area contributed by atoms with Crippen molar-refractivity contribution in [1.29, 1.82) is 0 Å². The van der Waals surface area contributed by atoms with Gasteiger partial charge >= 0.3 is 0 Å². The van der Waals surface area contributed by atoms with Gasteiger partial charge in [0.15, 0.2) is 0 Å². The Labute approximate surface area is 167 Å². The van der Waals surface area contributed by atoms with Crippen LogP contribution in [0.25, 0.3) is 0 Å². The number of imide groups is 1. The zero-order valence-corrected chi connectivity index (χ0v) is 17.3. The first-order valence-corrected chi connectivity index (χ1v) is 11.1. The van der Waals surface area contributed by atoms with Crippen LogP contribution in [0.1, 0.15) is 57.4 Å². The normalized spacial score (nSPS) is 17.0. The number of rotatable bonds is 13. The summed E-state index contributed by atoms with van der Waals surface area (Å²) in [6, 6.07) is 8.24. The van der Waals surface area contributed by atoms with Crippen molar-refractivity contribution in [2.24, 2.45) is 0 Å². The quantitative estimate of drug-likeness (QED) is 0.519. The Morgan fingerprint density at radius 2 is 1.81 bits per heavy atom. The SMILES string of the molecule is CCCCCCCOc1ccc(CCCC2SC(=O)N(CC[NH3+])C2=O)cc1. The molecule has 6 heteroatoms. The number of amides is 2. The fourth-order valence-electron chi connectivity index (χ4n) is 3.18. The second-order valence-electron chi connectivity index (χ2n) is 7.01. The van der Waals surface area contributed by atoms with E-state index in [-0.39, 0.29) is 16.4 Å². The van der Waals surface area contributed by atoms with Crippen LogP contribution >= 0.6 is 11.8 Å². The molecule has 1 saturated heterocycles. The molecule has 1 unspecified atom stereocenters. The van der Waals surface area contributed by atoms with Crippen LogP contribution in [-0.2, 0) is 11.2 Å². The minimum atomic E-state index is -0.223. The molecule has 1 atom stereocenters. The number of quaternary nitrogens is 1. The van der Waals surface area contributed by atoms with E-state index >= 15 is 0 Å². The average molecular weight is 394 g/mol. The van der Waals surface area contributed by atoms with Crippen molar-refractivity contribution < 1.29 is 20.1 Å². The number of hydrogen-bond donors (Lipinski definition) is 1. The average Bonchev–Trinajstić information content (AvgIpc) is 2.94. The fraction of sp³-hybridized carbons (Fsp3) is 0.619. The maximum Gasteiger partial charge on any atom is 0.289 e. The van der Waals surface area contributed by atoms with Gasteiger partial charge in [-0.1, -0.05) is 56.5 Å². The van der Waals surface area contributed by atoms with Crippen LogP contribution in [0.5, 0.6) is 5.75 Å². The van der Waals surface area contributed by atoms with E-state index in [0.717, 1.165) is 49.8 Å². The molecule has 1 fully saturated rings. The van der Waals surface area contributed by atoms with Gasteiger partial charge in [-0.15, -0.1) is 0 Å². The fourth-order valence-corrected chi connectivity index (χ4v) is 4.25. The van der Waals surface area contributed by atoms with Crippen LogP contribution < -0.4 is 10.5 Å². The zero-order chi connectivity index (χ0) is 19.5. The summed E-state index contributed by atoms with van der Waals surface area (Å²) < 4.78 is 5.79. The Bertz CT molecular complexity index is 592. The highest BCUT2D eigenvalue weighted by Gasteiger charge is 2.38. The molecule has 3 N–H and O–H groups in total. The first kappa shape index (κ1) is 21.8. The van der Waals surface area contributed by atoms with E-state index < -0.39 is 0 Å². The molecule has 0 aromatic heterocycles.